The van der Waals surface area contributed by atoms with Gasteiger partial charge in [-0.2, -0.15) is 0 Å². The zero-order valence-corrected chi connectivity index (χ0v) is 11.9. The molecule has 2 aromatic rings. The molecule has 1 heterocycles. The summed E-state index contributed by atoms with van der Waals surface area (Å²) in [4.78, 5) is 18.7. The molecule has 0 saturated heterocycles. The number of pyridine rings is 1. The monoisotopic (exact) mass is 284 g/mol. The number of nitrogens with zero attached hydrogens (tertiary/aromatic N) is 2. The molecule has 0 aliphatic heterocycles. The molecule has 1 aliphatic rings. The fourth-order valence-corrected chi connectivity index (χ4v) is 2.30. The van der Waals surface area contributed by atoms with Gasteiger partial charge < -0.3 is 4.90 Å². The van der Waals surface area contributed by atoms with Crippen molar-refractivity contribution in [2.75, 3.05) is 0 Å². The first-order chi connectivity index (χ1) is 10.1. The molecule has 3 rings (SSSR count). The highest BCUT2D eigenvalue weighted by atomic mass is 19.1. The molecule has 0 radical (unpaired) electrons. The number of carbonyl (C=O) groups is 1. The minimum atomic E-state index is -0.259. The Morgan fingerprint density at radius 3 is 2.52 bits per heavy atom. The lowest BCUT2D eigenvalue weighted by molar-refractivity contribution is 0.0729. The topological polar surface area (TPSA) is 33.2 Å². The molecule has 1 saturated carbocycles. The fourth-order valence-electron chi connectivity index (χ4n) is 2.30. The summed E-state index contributed by atoms with van der Waals surface area (Å²) in [5, 5.41) is 0. The van der Waals surface area contributed by atoms with Crippen LogP contribution in [0.5, 0.6) is 0 Å². The number of rotatable bonds is 4. The van der Waals surface area contributed by atoms with E-state index < -0.39 is 0 Å². The first-order valence-electron chi connectivity index (χ1n) is 7.11. The standard InChI is InChI=1S/C17H17FN2O/c1-12-2-5-14(10-19-12)17(21)20(16-8-9-16)11-13-3-6-15(18)7-4-13/h2-7,10,16H,8-9,11H2,1H3. The predicted molar refractivity (Wildman–Crippen MR) is 78.3 cm³/mol. The zero-order chi connectivity index (χ0) is 14.8. The smallest absolute Gasteiger partial charge is 0.255 e. The largest absolute Gasteiger partial charge is 0.331 e. The highest BCUT2D eigenvalue weighted by molar-refractivity contribution is 5.94. The van der Waals surface area contributed by atoms with Crippen molar-refractivity contribution in [2.24, 2.45) is 0 Å². The van der Waals surface area contributed by atoms with Crippen LogP contribution >= 0.6 is 0 Å². The van der Waals surface area contributed by atoms with E-state index in [2.05, 4.69) is 4.98 Å². The van der Waals surface area contributed by atoms with Gasteiger partial charge in [-0.3, -0.25) is 9.78 Å². The second kappa shape index (κ2) is 5.64. The van der Waals surface area contributed by atoms with E-state index in [1.165, 1.54) is 12.1 Å². The molecular weight excluding hydrogens is 267 g/mol. The maximum absolute atomic E-state index is 13.0. The highest BCUT2D eigenvalue weighted by Gasteiger charge is 2.33. The number of aryl methyl sites for hydroxylation is 1. The molecule has 1 aromatic heterocycles. The molecule has 1 fully saturated rings. The average molecular weight is 284 g/mol. The van der Waals surface area contributed by atoms with Crippen molar-refractivity contribution in [1.29, 1.82) is 0 Å². The van der Waals surface area contributed by atoms with Crippen LogP contribution in [0.2, 0.25) is 0 Å². The summed E-state index contributed by atoms with van der Waals surface area (Å²) in [5.74, 6) is -0.264. The van der Waals surface area contributed by atoms with Gasteiger partial charge in [-0.1, -0.05) is 12.1 Å². The first kappa shape index (κ1) is 13.7. The average Bonchev–Trinajstić information content (AvgIpc) is 3.31. The SMILES string of the molecule is Cc1ccc(C(=O)N(Cc2ccc(F)cc2)C2CC2)cn1. The third-order valence-corrected chi connectivity index (χ3v) is 3.67. The van der Waals surface area contributed by atoms with E-state index in [4.69, 9.17) is 0 Å². The minimum absolute atomic E-state index is 0.00525. The number of halogens is 1. The first-order valence-corrected chi connectivity index (χ1v) is 7.11. The van der Waals surface area contributed by atoms with Crippen LogP contribution in [0.15, 0.2) is 42.6 Å². The zero-order valence-electron chi connectivity index (χ0n) is 11.9. The molecule has 1 aromatic carbocycles. The van der Waals surface area contributed by atoms with E-state index in [1.54, 1.807) is 18.3 Å². The Bertz CT molecular complexity index is 633. The van der Waals surface area contributed by atoms with Crippen LogP contribution in [0.25, 0.3) is 0 Å². The van der Waals surface area contributed by atoms with E-state index >= 15 is 0 Å². The molecule has 0 unspecified atom stereocenters. The van der Waals surface area contributed by atoms with Crippen molar-refractivity contribution in [3.63, 3.8) is 0 Å². The third-order valence-electron chi connectivity index (χ3n) is 3.67. The Balaban J connectivity index is 1.79. The molecule has 1 amide bonds. The summed E-state index contributed by atoms with van der Waals surface area (Å²) in [6, 6.07) is 10.3. The van der Waals surface area contributed by atoms with Gasteiger partial charge in [0.15, 0.2) is 0 Å². The number of benzene rings is 1. The van der Waals surface area contributed by atoms with Gasteiger partial charge in [-0.25, -0.2) is 4.39 Å². The van der Waals surface area contributed by atoms with Gasteiger partial charge in [0.05, 0.1) is 5.56 Å². The molecule has 0 spiro atoms. The third kappa shape index (κ3) is 3.27. The molecule has 0 bridgehead atoms. The summed E-state index contributed by atoms with van der Waals surface area (Å²) in [5.41, 5.74) is 2.44. The minimum Gasteiger partial charge on any atom is -0.331 e. The molecule has 0 atom stereocenters. The molecule has 4 heteroatoms. The number of carbonyl (C=O) groups excluding carboxylic acids is 1. The molecule has 3 nitrogen and oxygen atoms in total. The van der Waals surface area contributed by atoms with Crippen LogP contribution < -0.4 is 0 Å². The number of amides is 1. The summed E-state index contributed by atoms with van der Waals surface area (Å²) in [7, 11) is 0. The number of hydrogen-bond donors (Lipinski definition) is 0. The number of aromatic nitrogens is 1. The van der Waals surface area contributed by atoms with E-state index in [0.717, 1.165) is 24.1 Å². The summed E-state index contributed by atoms with van der Waals surface area (Å²) in [6.07, 6.45) is 3.69. The Labute approximate surface area is 123 Å². The Morgan fingerprint density at radius 1 is 1.24 bits per heavy atom. The second-order valence-corrected chi connectivity index (χ2v) is 5.48. The van der Waals surface area contributed by atoms with Gasteiger partial charge in [0.2, 0.25) is 0 Å². The Kier molecular flexibility index (Phi) is 3.69. The van der Waals surface area contributed by atoms with E-state index in [9.17, 15) is 9.18 Å². The quantitative estimate of drug-likeness (QED) is 0.862. The fraction of sp³-hybridized carbons (Fsp3) is 0.294. The lowest BCUT2D eigenvalue weighted by atomic mass is 10.1. The van der Waals surface area contributed by atoms with Crippen LogP contribution in [-0.2, 0) is 6.54 Å². The highest BCUT2D eigenvalue weighted by Crippen LogP contribution is 2.29. The van der Waals surface area contributed by atoms with Crippen molar-refractivity contribution in [2.45, 2.75) is 32.4 Å². The van der Waals surface area contributed by atoms with E-state index in [0.29, 0.717) is 18.2 Å². The van der Waals surface area contributed by atoms with Crippen molar-refractivity contribution in [1.82, 2.24) is 9.88 Å². The van der Waals surface area contributed by atoms with Crippen molar-refractivity contribution in [3.05, 3.63) is 65.2 Å². The van der Waals surface area contributed by atoms with Crippen molar-refractivity contribution in [3.8, 4) is 0 Å². The van der Waals surface area contributed by atoms with Crippen molar-refractivity contribution < 1.29 is 9.18 Å². The van der Waals surface area contributed by atoms with Crippen LogP contribution in [0, 0.1) is 12.7 Å². The summed E-state index contributed by atoms with van der Waals surface area (Å²) in [6.45, 7) is 2.41. The molecular formula is C17H17FN2O. The maximum atomic E-state index is 13.0. The maximum Gasteiger partial charge on any atom is 0.255 e. The van der Waals surface area contributed by atoms with Crippen LogP contribution in [0.3, 0.4) is 0 Å². The molecule has 0 N–H and O–H groups in total. The van der Waals surface area contributed by atoms with Gasteiger partial charge in [0, 0.05) is 24.5 Å². The Hall–Kier alpha value is -2.23. The normalized spacial score (nSPS) is 14.0. The molecule has 108 valence electrons. The van der Waals surface area contributed by atoms with Crippen LogP contribution in [0.1, 0.15) is 34.5 Å². The van der Waals surface area contributed by atoms with Gasteiger partial charge in [-0.05, 0) is 49.6 Å². The van der Waals surface area contributed by atoms with Crippen LogP contribution in [-0.4, -0.2) is 21.8 Å². The number of hydrogen-bond acceptors (Lipinski definition) is 2. The molecule has 1 aliphatic carbocycles. The van der Waals surface area contributed by atoms with E-state index in [1.807, 2.05) is 24.0 Å². The summed E-state index contributed by atoms with van der Waals surface area (Å²) >= 11 is 0. The van der Waals surface area contributed by atoms with Crippen molar-refractivity contribution >= 4 is 5.91 Å². The molecule has 21 heavy (non-hydrogen) atoms. The van der Waals surface area contributed by atoms with Crippen LogP contribution in [0.4, 0.5) is 4.39 Å². The lowest BCUT2D eigenvalue weighted by Crippen LogP contribution is -2.32. The lowest BCUT2D eigenvalue weighted by Gasteiger charge is -2.22. The Morgan fingerprint density at radius 2 is 1.95 bits per heavy atom. The van der Waals surface area contributed by atoms with Gasteiger partial charge >= 0.3 is 0 Å². The van der Waals surface area contributed by atoms with Gasteiger partial charge in [0.25, 0.3) is 5.91 Å². The second-order valence-electron chi connectivity index (χ2n) is 5.48. The van der Waals surface area contributed by atoms with E-state index in [-0.39, 0.29) is 11.7 Å². The predicted octanol–water partition coefficient (Wildman–Crippen LogP) is 3.33. The van der Waals surface area contributed by atoms with Gasteiger partial charge in [0.1, 0.15) is 5.82 Å². The van der Waals surface area contributed by atoms with Gasteiger partial charge in [-0.15, -0.1) is 0 Å². The summed E-state index contributed by atoms with van der Waals surface area (Å²) < 4.78 is 13.0.